The molecule has 0 unspecified atom stereocenters. The molecule has 14 heavy (non-hydrogen) atoms. The summed E-state index contributed by atoms with van der Waals surface area (Å²) < 4.78 is 22.2. The van der Waals surface area contributed by atoms with Crippen molar-refractivity contribution in [1.82, 2.24) is 10.6 Å². The average molecular weight is 236 g/mol. The van der Waals surface area contributed by atoms with Gasteiger partial charge in [-0.25, -0.2) is 8.42 Å². The van der Waals surface area contributed by atoms with E-state index in [1.54, 1.807) is 0 Å². The number of amides is 1. The van der Waals surface area contributed by atoms with E-state index in [4.69, 9.17) is 12.2 Å². The number of carbonyl (C=O) groups excluding carboxylic acids is 1. The van der Waals surface area contributed by atoms with Crippen LogP contribution in [-0.4, -0.2) is 38.0 Å². The Morgan fingerprint density at radius 3 is 2.79 bits per heavy atom. The maximum absolute atomic E-state index is 11.1. The van der Waals surface area contributed by atoms with Gasteiger partial charge in [-0.15, -0.1) is 0 Å². The minimum Gasteiger partial charge on any atom is -0.362 e. The molecule has 0 aromatic rings. The summed E-state index contributed by atoms with van der Waals surface area (Å²) in [6, 6.07) is 0. The first-order valence-electron chi connectivity index (χ1n) is 4.22. The fourth-order valence-electron chi connectivity index (χ4n) is 1.37. The van der Waals surface area contributed by atoms with Crippen LogP contribution >= 0.6 is 12.2 Å². The number of thiocarbonyl (C=S) groups is 1. The minimum atomic E-state index is -2.83. The van der Waals surface area contributed by atoms with E-state index in [1.165, 1.54) is 0 Å². The van der Waals surface area contributed by atoms with E-state index in [1.807, 2.05) is 0 Å². The molecule has 7 heteroatoms. The zero-order chi connectivity index (χ0) is 10.6. The lowest BCUT2D eigenvalue weighted by molar-refractivity contribution is -0.108. The summed E-state index contributed by atoms with van der Waals surface area (Å²) in [6.07, 6.45) is 1.15. The molecule has 0 spiro atoms. The van der Waals surface area contributed by atoms with Crippen molar-refractivity contribution in [2.45, 2.75) is 6.42 Å². The lowest BCUT2D eigenvalue weighted by atomic mass is 10.1. The molecule has 1 rings (SSSR count). The van der Waals surface area contributed by atoms with Crippen LogP contribution in [0.1, 0.15) is 6.42 Å². The first-order chi connectivity index (χ1) is 6.53. The Hall–Kier alpha value is -0.690. The predicted octanol–water partition coefficient (Wildman–Crippen LogP) is -0.958. The van der Waals surface area contributed by atoms with Crippen molar-refractivity contribution in [2.24, 2.45) is 5.92 Å². The Labute approximate surface area is 88.2 Å². The minimum absolute atomic E-state index is 0.103. The molecular weight excluding hydrogens is 224 g/mol. The molecule has 1 aliphatic rings. The number of carbonyl (C=O) groups is 1. The number of sulfone groups is 1. The van der Waals surface area contributed by atoms with E-state index in [-0.39, 0.29) is 22.5 Å². The van der Waals surface area contributed by atoms with Crippen molar-refractivity contribution >= 4 is 33.6 Å². The van der Waals surface area contributed by atoms with Gasteiger partial charge in [0.2, 0.25) is 6.41 Å². The van der Waals surface area contributed by atoms with Gasteiger partial charge in [-0.1, -0.05) is 0 Å². The summed E-state index contributed by atoms with van der Waals surface area (Å²) in [5, 5.41) is 5.31. The molecule has 5 nitrogen and oxygen atoms in total. The quantitative estimate of drug-likeness (QED) is 0.488. The van der Waals surface area contributed by atoms with E-state index in [0.29, 0.717) is 19.4 Å². The summed E-state index contributed by atoms with van der Waals surface area (Å²) in [5.74, 6) is 0.572. The highest BCUT2D eigenvalue weighted by atomic mass is 32.2. The lowest BCUT2D eigenvalue weighted by Crippen LogP contribution is -2.37. The van der Waals surface area contributed by atoms with E-state index in [0.717, 1.165) is 0 Å². The molecule has 80 valence electrons. The van der Waals surface area contributed by atoms with Crippen LogP contribution in [0.2, 0.25) is 0 Å². The Morgan fingerprint density at radius 1 is 1.57 bits per heavy atom. The maximum atomic E-state index is 11.1. The molecule has 1 fully saturated rings. The first kappa shape index (κ1) is 11.4. The van der Waals surface area contributed by atoms with Crippen molar-refractivity contribution in [3.63, 3.8) is 0 Å². The van der Waals surface area contributed by atoms with Crippen molar-refractivity contribution in [3.8, 4) is 0 Å². The predicted molar refractivity (Wildman–Crippen MR) is 56.6 cm³/mol. The van der Waals surface area contributed by atoms with Gasteiger partial charge in [0.25, 0.3) is 0 Å². The monoisotopic (exact) mass is 236 g/mol. The van der Waals surface area contributed by atoms with Crippen molar-refractivity contribution in [3.05, 3.63) is 0 Å². The van der Waals surface area contributed by atoms with Crippen LogP contribution < -0.4 is 10.6 Å². The molecule has 1 aliphatic heterocycles. The number of hydrogen-bond donors (Lipinski definition) is 2. The molecule has 0 aromatic carbocycles. The van der Waals surface area contributed by atoms with Gasteiger partial charge in [0.1, 0.15) is 0 Å². The SMILES string of the molecule is O=CNC(=S)NC[C@H]1CCS(=O)(=O)C1. The first-order valence-corrected chi connectivity index (χ1v) is 6.45. The normalized spacial score (nSPS) is 24.1. The van der Waals surface area contributed by atoms with Crippen LogP contribution in [0.15, 0.2) is 0 Å². The lowest BCUT2D eigenvalue weighted by Gasteiger charge is -2.10. The molecule has 0 bridgehead atoms. The standard InChI is InChI=1S/C7H12N2O3S2/c10-5-9-7(13)8-3-6-1-2-14(11,12)4-6/h5-6H,1-4H2,(H2,8,9,10,13)/t6-/m1/s1. The largest absolute Gasteiger partial charge is 0.362 e. The molecule has 0 aromatic heterocycles. The zero-order valence-electron chi connectivity index (χ0n) is 7.52. The highest BCUT2D eigenvalue weighted by Gasteiger charge is 2.27. The number of nitrogens with one attached hydrogen (secondary N) is 2. The van der Waals surface area contributed by atoms with Gasteiger partial charge >= 0.3 is 0 Å². The highest BCUT2D eigenvalue weighted by molar-refractivity contribution is 7.91. The molecule has 0 saturated carbocycles. The van der Waals surface area contributed by atoms with Crippen LogP contribution in [0.25, 0.3) is 0 Å². The van der Waals surface area contributed by atoms with Gasteiger partial charge in [0.05, 0.1) is 11.5 Å². The van der Waals surface area contributed by atoms with Crippen LogP contribution in [0, 0.1) is 5.92 Å². The smallest absolute Gasteiger partial charge is 0.213 e. The summed E-state index contributed by atoms with van der Waals surface area (Å²) in [7, 11) is -2.83. The fraction of sp³-hybridized carbons (Fsp3) is 0.714. The zero-order valence-corrected chi connectivity index (χ0v) is 9.16. The number of hydrogen-bond acceptors (Lipinski definition) is 4. The van der Waals surface area contributed by atoms with Gasteiger partial charge in [0.15, 0.2) is 14.9 Å². The topological polar surface area (TPSA) is 75.3 Å². The molecule has 1 amide bonds. The highest BCUT2D eigenvalue weighted by Crippen LogP contribution is 2.17. The van der Waals surface area contributed by atoms with Crippen LogP contribution in [0.4, 0.5) is 0 Å². The van der Waals surface area contributed by atoms with Crippen molar-refractivity contribution < 1.29 is 13.2 Å². The van der Waals surface area contributed by atoms with Gasteiger partial charge in [0, 0.05) is 6.54 Å². The van der Waals surface area contributed by atoms with E-state index >= 15 is 0 Å². The summed E-state index contributed by atoms with van der Waals surface area (Å²) in [5.41, 5.74) is 0. The van der Waals surface area contributed by atoms with Crippen LogP contribution in [-0.2, 0) is 14.6 Å². The Balaban J connectivity index is 2.27. The van der Waals surface area contributed by atoms with E-state index < -0.39 is 9.84 Å². The van der Waals surface area contributed by atoms with Crippen LogP contribution in [0.3, 0.4) is 0 Å². The molecule has 1 heterocycles. The third kappa shape index (κ3) is 3.59. The third-order valence-corrected chi connectivity index (χ3v) is 4.17. The van der Waals surface area contributed by atoms with Gasteiger partial charge in [-0.3, -0.25) is 4.79 Å². The summed E-state index contributed by atoms with van der Waals surface area (Å²) in [4.78, 5) is 9.98. The van der Waals surface area contributed by atoms with Gasteiger partial charge in [-0.2, -0.15) is 0 Å². The Bertz CT molecular complexity index is 326. The molecule has 1 saturated heterocycles. The molecule has 0 aliphatic carbocycles. The third-order valence-electron chi connectivity index (χ3n) is 2.07. The van der Waals surface area contributed by atoms with Gasteiger partial charge < -0.3 is 10.6 Å². The summed E-state index contributed by atoms with van der Waals surface area (Å²) in [6.45, 7) is 0.499. The Morgan fingerprint density at radius 2 is 2.29 bits per heavy atom. The number of rotatable bonds is 3. The fourth-order valence-corrected chi connectivity index (χ4v) is 3.37. The Kier molecular flexibility index (Phi) is 3.82. The summed E-state index contributed by atoms with van der Waals surface area (Å²) >= 11 is 4.74. The average Bonchev–Trinajstić information content (AvgIpc) is 2.43. The molecule has 0 radical (unpaired) electrons. The second-order valence-electron chi connectivity index (χ2n) is 3.24. The van der Waals surface area contributed by atoms with Crippen LogP contribution in [0.5, 0.6) is 0 Å². The molecular formula is C7H12N2O3S2. The van der Waals surface area contributed by atoms with E-state index in [2.05, 4.69) is 10.6 Å². The van der Waals surface area contributed by atoms with Crippen molar-refractivity contribution in [2.75, 3.05) is 18.1 Å². The van der Waals surface area contributed by atoms with Crippen molar-refractivity contribution in [1.29, 1.82) is 0 Å². The maximum Gasteiger partial charge on any atom is 0.213 e. The second-order valence-corrected chi connectivity index (χ2v) is 5.88. The van der Waals surface area contributed by atoms with Gasteiger partial charge in [-0.05, 0) is 24.6 Å². The van der Waals surface area contributed by atoms with E-state index in [9.17, 15) is 13.2 Å². The molecule has 1 atom stereocenters. The molecule has 2 N–H and O–H groups in total. The second kappa shape index (κ2) is 4.70.